The Morgan fingerprint density at radius 1 is 1.20 bits per heavy atom. The Kier molecular flexibility index (Phi) is 6.98. The van der Waals surface area contributed by atoms with Crippen LogP contribution in [0.25, 0.3) is 0 Å². The van der Waals surface area contributed by atoms with E-state index in [4.69, 9.17) is 0 Å². The SMILES string of the molecule is CCCNC(CC(C)CC)CC(F)(F)F. The minimum atomic E-state index is -4.06. The zero-order valence-corrected chi connectivity index (χ0v) is 9.82. The van der Waals surface area contributed by atoms with Gasteiger partial charge in [-0.05, 0) is 25.3 Å². The Morgan fingerprint density at radius 3 is 2.20 bits per heavy atom. The second kappa shape index (κ2) is 7.09. The van der Waals surface area contributed by atoms with Crippen LogP contribution in [0.1, 0.15) is 46.5 Å². The van der Waals surface area contributed by atoms with Crippen molar-refractivity contribution in [3.05, 3.63) is 0 Å². The van der Waals surface area contributed by atoms with E-state index < -0.39 is 18.6 Å². The third-order valence-electron chi connectivity index (χ3n) is 2.54. The molecule has 0 aliphatic carbocycles. The zero-order chi connectivity index (χ0) is 11.9. The highest BCUT2D eigenvalue weighted by Gasteiger charge is 2.31. The molecule has 0 rings (SSSR count). The van der Waals surface area contributed by atoms with Crippen LogP contribution in [0.3, 0.4) is 0 Å². The van der Waals surface area contributed by atoms with Gasteiger partial charge < -0.3 is 5.32 Å². The summed E-state index contributed by atoms with van der Waals surface area (Å²) in [5.74, 6) is 0.349. The Hall–Kier alpha value is -0.250. The maximum atomic E-state index is 12.2. The molecule has 1 N–H and O–H groups in total. The summed E-state index contributed by atoms with van der Waals surface area (Å²) in [6.07, 6.45) is -2.36. The summed E-state index contributed by atoms with van der Waals surface area (Å²) >= 11 is 0. The highest BCUT2D eigenvalue weighted by atomic mass is 19.4. The first-order valence-electron chi connectivity index (χ1n) is 5.69. The number of halogens is 3. The minimum absolute atomic E-state index is 0.349. The maximum absolute atomic E-state index is 12.2. The van der Waals surface area contributed by atoms with Gasteiger partial charge in [-0.25, -0.2) is 0 Å². The van der Waals surface area contributed by atoms with Crippen molar-refractivity contribution in [1.29, 1.82) is 0 Å². The molecule has 0 fully saturated rings. The largest absolute Gasteiger partial charge is 0.390 e. The molecule has 2 atom stereocenters. The van der Waals surface area contributed by atoms with Gasteiger partial charge >= 0.3 is 6.18 Å². The molecule has 0 aliphatic heterocycles. The summed E-state index contributed by atoms with van der Waals surface area (Å²) in [5.41, 5.74) is 0. The number of rotatable bonds is 7. The first-order chi connectivity index (χ1) is 6.89. The molecule has 2 unspecified atom stereocenters. The van der Waals surface area contributed by atoms with Gasteiger partial charge in [-0.3, -0.25) is 0 Å². The molecule has 0 saturated carbocycles. The molecule has 0 radical (unpaired) electrons. The third-order valence-corrected chi connectivity index (χ3v) is 2.54. The van der Waals surface area contributed by atoms with Crippen molar-refractivity contribution in [1.82, 2.24) is 5.32 Å². The molecule has 0 amide bonds. The average Bonchev–Trinajstić information content (AvgIpc) is 2.11. The van der Waals surface area contributed by atoms with Crippen molar-refractivity contribution < 1.29 is 13.2 Å². The molecule has 0 bridgehead atoms. The van der Waals surface area contributed by atoms with Crippen LogP contribution in [0.5, 0.6) is 0 Å². The van der Waals surface area contributed by atoms with Crippen LogP contribution in [0.4, 0.5) is 13.2 Å². The van der Waals surface area contributed by atoms with Crippen molar-refractivity contribution in [2.45, 2.75) is 58.7 Å². The molecule has 0 aromatic carbocycles. The minimum Gasteiger partial charge on any atom is -0.314 e. The van der Waals surface area contributed by atoms with Crippen LogP contribution >= 0.6 is 0 Å². The number of hydrogen-bond acceptors (Lipinski definition) is 1. The second-order valence-corrected chi connectivity index (χ2v) is 4.22. The van der Waals surface area contributed by atoms with Crippen LogP contribution in [0, 0.1) is 5.92 Å². The van der Waals surface area contributed by atoms with Crippen LogP contribution in [-0.4, -0.2) is 18.8 Å². The van der Waals surface area contributed by atoms with E-state index in [2.05, 4.69) is 5.32 Å². The fourth-order valence-electron chi connectivity index (χ4n) is 1.52. The monoisotopic (exact) mass is 225 g/mol. The molecule has 0 heterocycles. The summed E-state index contributed by atoms with van der Waals surface area (Å²) in [4.78, 5) is 0. The Morgan fingerprint density at radius 2 is 1.80 bits per heavy atom. The van der Waals surface area contributed by atoms with Gasteiger partial charge in [0.2, 0.25) is 0 Å². The molecule has 0 aromatic rings. The van der Waals surface area contributed by atoms with E-state index in [9.17, 15) is 13.2 Å². The highest BCUT2D eigenvalue weighted by molar-refractivity contribution is 4.73. The number of alkyl halides is 3. The van der Waals surface area contributed by atoms with Gasteiger partial charge in [0.25, 0.3) is 0 Å². The molecule has 15 heavy (non-hydrogen) atoms. The lowest BCUT2D eigenvalue weighted by Crippen LogP contribution is -2.35. The third kappa shape index (κ3) is 8.73. The van der Waals surface area contributed by atoms with Crippen LogP contribution in [-0.2, 0) is 0 Å². The lowest BCUT2D eigenvalue weighted by atomic mass is 9.97. The van der Waals surface area contributed by atoms with Crippen molar-refractivity contribution >= 4 is 0 Å². The van der Waals surface area contributed by atoms with E-state index in [1.165, 1.54) is 0 Å². The molecule has 0 aromatic heterocycles. The van der Waals surface area contributed by atoms with E-state index in [0.29, 0.717) is 18.9 Å². The molecule has 1 nitrogen and oxygen atoms in total. The molecular weight excluding hydrogens is 203 g/mol. The van der Waals surface area contributed by atoms with Gasteiger partial charge in [0, 0.05) is 6.04 Å². The van der Waals surface area contributed by atoms with Crippen molar-refractivity contribution in [3.63, 3.8) is 0 Å². The number of hydrogen-bond donors (Lipinski definition) is 1. The maximum Gasteiger partial charge on any atom is 0.390 e. The molecular formula is C11H22F3N. The summed E-state index contributed by atoms with van der Waals surface area (Å²) < 4.78 is 36.7. The lowest BCUT2D eigenvalue weighted by molar-refractivity contribution is -0.140. The van der Waals surface area contributed by atoms with E-state index in [0.717, 1.165) is 12.8 Å². The summed E-state index contributed by atoms with van der Waals surface area (Å²) in [7, 11) is 0. The Bertz CT molecular complexity index is 156. The van der Waals surface area contributed by atoms with Gasteiger partial charge in [-0.1, -0.05) is 27.2 Å². The van der Waals surface area contributed by atoms with Gasteiger partial charge in [0.1, 0.15) is 0 Å². The first-order valence-corrected chi connectivity index (χ1v) is 5.69. The normalized spacial score (nSPS) is 16.4. The van der Waals surface area contributed by atoms with Crippen LogP contribution in [0.2, 0.25) is 0 Å². The van der Waals surface area contributed by atoms with Gasteiger partial charge in [-0.15, -0.1) is 0 Å². The molecule has 4 heteroatoms. The van der Waals surface area contributed by atoms with Crippen molar-refractivity contribution in [2.24, 2.45) is 5.92 Å². The fraction of sp³-hybridized carbons (Fsp3) is 1.00. The predicted molar refractivity (Wildman–Crippen MR) is 56.8 cm³/mol. The lowest BCUT2D eigenvalue weighted by Gasteiger charge is -2.22. The smallest absolute Gasteiger partial charge is 0.314 e. The predicted octanol–water partition coefficient (Wildman–Crippen LogP) is 3.74. The van der Waals surface area contributed by atoms with E-state index in [1.807, 2.05) is 20.8 Å². The Labute approximate surface area is 90.4 Å². The quantitative estimate of drug-likeness (QED) is 0.696. The molecule has 0 spiro atoms. The standard InChI is InChI=1S/C11H22F3N/c1-4-6-15-10(7-9(3)5-2)8-11(12,13)14/h9-10,15H,4-8H2,1-3H3. The topological polar surface area (TPSA) is 12.0 Å². The number of nitrogens with one attached hydrogen (secondary N) is 1. The van der Waals surface area contributed by atoms with Gasteiger partial charge in [-0.2, -0.15) is 13.2 Å². The molecule has 0 saturated heterocycles. The van der Waals surface area contributed by atoms with E-state index in [1.54, 1.807) is 0 Å². The second-order valence-electron chi connectivity index (χ2n) is 4.22. The fourth-order valence-corrected chi connectivity index (χ4v) is 1.52. The van der Waals surface area contributed by atoms with Crippen LogP contribution < -0.4 is 5.32 Å². The van der Waals surface area contributed by atoms with E-state index in [-0.39, 0.29) is 0 Å². The summed E-state index contributed by atoms with van der Waals surface area (Å²) in [6, 6.07) is -0.417. The van der Waals surface area contributed by atoms with Crippen molar-refractivity contribution in [2.75, 3.05) is 6.54 Å². The van der Waals surface area contributed by atoms with Gasteiger partial charge in [0.05, 0.1) is 6.42 Å². The highest BCUT2D eigenvalue weighted by Crippen LogP contribution is 2.25. The average molecular weight is 225 g/mol. The summed E-state index contributed by atoms with van der Waals surface area (Å²) in [6.45, 7) is 6.63. The first kappa shape index (κ1) is 14.8. The molecule has 92 valence electrons. The Balaban J connectivity index is 4.06. The van der Waals surface area contributed by atoms with Gasteiger partial charge in [0.15, 0.2) is 0 Å². The van der Waals surface area contributed by atoms with E-state index >= 15 is 0 Å². The van der Waals surface area contributed by atoms with Crippen molar-refractivity contribution in [3.8, 4) is 0 Å². The summed E-state index contributed by atoms with van der Waals surface area (Å²) in [5, 5.41) is 2.97. The van der Waals surface area contributed by atoms with Crippen LogP contribution in [0.15, 0.2) is 0 Å². The molecule has 0 aliphatic rings. The zero-order valence-electron chi connectivity index (χ0n) is 9.82.